The van der Waals surface area contributed by atoms with E-state index in [4.69, 9.17) is 6.42 Å². The van der Waals surface area contributed by atoms with Crippen LogP contribution in [0.3, 0.4) is 0 Å². The molecule has 0 radical (unpaired) electrons. The number of para-hydroxylation sites is 1. The molecule has 0 aliphatic rings. The zero-order valence-corrected chi connectivity index (χ0v) is 7.20. The highest BCUT2D eigenvalue weighted by Gasteiger charge is 1.98. The number of fused-ring (bicyclic) bond motifs is 1. The number of terminal acetylenes is 1. The van der Waals surface area contributed by atoms with Crippen molar-refractivity contribution in [3.05, 3.63) is 42.1 Å². The fraction of sp³-hybridized carbons (Fsp3) is 0.0833. The summed E-state index contributed by atoms with van der Waals surface area (Å²) in [6.07, 6.45) is 7.75. The molecule has 0 spiro atoms. The van der Waals surface area contributed by atoms with E-state index in [0.717, 1.165) is 10.9 Å². The molecule has 0 saturated carbocycles. The van der Waals surface area contributed by atoms with Crippen LogP contribution in [-0.2, 0) is 6.42 Å². The first-order valence-electron chi connectivity index (χ1n) is 4.18. The topological polar surface area (TPSA) is 12.9 Å². The molecule has 1 aromatic heterocycles. The van der Waals surface area contributed by atoms with Crippen molar-refractivity contribution in [3.8, 4) is 12.3 Å². The lowest BCUT2D eigenvalue weighted by Gasteiger charge is -2.00. The highest BCUT2D eigenvalue weighted by Crippen LogP contribution is 2.15. The second-order valence-corrected chi connectivity index (χ2v) is 2.87. The van der Waals surface area contributed by atoms with E-state index in [-0.39, 0.29) is 0 Å². The maximum Gasteiger partial charge on any atom is 0.0705 e. The van der Waals surface area contributed by atoms with Crippen molar-refractivity contribution in [1.29, 1.82) is 0 Å². The number of aromatic nitrogens is 1. The van der Waals surface area contributed by atoms with Crippen molar-refractivity contribution in [3.63, 3.8) is 0 Å². The molecule has 1 heterocycles. The van der Waals surface area contributed by atoms with Crippen molar-refractivity contribution < 1.29 is 0 Å². The predicted octanol–water partition coefficient (Wildman–Crippen LogP) is 2.41. The van der Waals surface area contributed by atoms with Crippen LogP contribution in [0.2, 0.25) is 0 Å². The van der Waals surface area contributed by atoms with Crippen LogP contribution in [0.5, 0.6) is 0 Å². The molecule has 0 unspecified atom stereocenters. The molecule has 0 bridgehead atoms. The number of rotatable bonds is 1. The third kappa shape index (κ3) is 1.39. The summed E-state index contributed by atoms with van der Waals surface area (Å²) in [5.74, 6) is 2.65. The number of hydrogen-bond acceptors (Lipinski definition) is 1. The van der Waals surface area contributed by atoms with Crippen molar-refractivity contribution >= 4 is 10.9 Å². The second-order valence-electron chi connectivity index (χ2n) is 2.87. The van der Waals surface area contributed by atoms with E-state index < -0.39 is 0 Å². The minimum Gasteiger partial charge on any atom is -0.256 e. The van der Waals surface area contributed by atoms with Crippen molar-refractivity contribution in [2.45, 2.75) is 6.42 Å². The van der Waals surface area contributed by atoms with Crippen LogP contribution >= 0.6 is 0 Å². The maximum atomic E-state index is 5.28. The third-order valence-corrected chi connectivity index (χ3v) is 2.03. The summed E-state index contributed by atoms with van der Waals surface area (Å²) in [6.45, 7) is 0. The first-order valence-corrected chi connectivity index (χ1v) is 4.18. The quantitative estimate of drug-likeness (QED) is 0.594. The minimum absolute atomic E-state index is 0.670. The largest absolute Gasteiger partial charge is 0.256 e. The molecule has 0 atom stereocenters. The van der Waals surface area contributed by atoms with E-state index in [1.807, 2.05) is 24.3 Å². The Labute approximate surface area is 77.4 Å². The van der Waals surface area contributed by atoms with Crippen LogP contribution in [-0.4, -0.2) is 4.98 Å². The fourth-order valence-electron chi connectivity index (χ4n) is 1.42. The summed E-state index contributed by atoms with van der Waals surface area (Å²) in [6, 6.07) is 10.0. The molecule has 0 amide bonds. The Morgan fingerprint density at radius 3 is 2.92 bits per heavy atom. The molecule has 1 nitrogen and oxygen atoms in total. The van der Waals surface area contributed by atoms with Crippen LogP contribution in [0.15, 0.2) is 36.5 Å². The van der Waals surface area contributed by atoms with Crippen LogP contribution in [0.1, 0.15) is 5.56 Å². The first kappa shape index (κ1) is 7.82. The molecule has 2 aromatic rings. The monoisotopic (exact) mass is 167 g/mol. The first-order chi connectivity index (χ1) is 6.42. The van der Waals surface area contributed by atoms with E-state index >= 15 is 0 Å². The molecular formula is C12H9N. The van der Waals surface area contributed by atoms with Crippen molar-refractivity contribution in [1.82, 2.24) is 4.98 Å². The SMILES string of the molecule is C#CCc1ccnc2ccccc12. The standard InChI is InChI=1S/C12H9N/c1-2-5-10-8-9-13-12-7-4-3-6-11(10)12/h1,3-4,6-9H,5H2. The minimum atomic E-state index is 0.670. The molecule has 0 aliphatic heterocycles. The van der Waals surface area contributed by atoms with Gasteiger partial charge in [-0.3, -0.25) is 4.98 Å². The lowest BCUT2D eigenvalue weighted by atomic mass is 10.1. The Morgan fingerprint density at radius 2 is 2.08 bits per heavy atom. The summed E-state index contributed by atoms with van der Waals surface area (Å²) in [5, 5.41) is 1.16. The summed E-state index contributed by atoms with van der Waals surface area (Å²) in [5.41, 5.74) is 2.18. The van der Waals surface area contributed by atoms with E-state index in [0.29, 0.717) is 6.42 Å². The summed E-state index contributed by atoms with van der Waals surface area (Å²) < 4.78 is 0. The van der Waals surface area contributed by atoms with Crippen LogP contribution in [0.25, 0.3) is 10.9 Å². The number of benzene rings is 1. The summed E-state index contributed by atoms with van der Waals surface area (Å²) in [7, 11) is 0. The molecule has 2 rings (SSSR count). The van der Waals surface area contributed by atoms with Gasteiger partial charge >= 0.3 is 0 Å². The Balaban J connectivity index is 2.70. The zero-order chi connectivity index (χ0) is 9.10. The molecule has 0 aliphatic carbocycles. The lowest BCUT2D eigenvalue weighted by Crippen LogP contribution is -1.86. The maximum absolute atomic E-state index is 5.28. The fourth-order valence-corrected chi connectivity index (χ4v) is 1.42. The van der Waals surface area contributed by atoms with Crippen LogP contribution in [0, 0.1) is 12.3 Å². The van der Waals surface area contributed by atoms with E-state index in [9.17, 15) is 0 Å². The molecule has 0 N–H and O–H groups in total. The summed E-state index contributed by atoms with van der Waals surface area (Å²) >= 11 is 0. The number of pyridine rings is 1. The number of nitrogens with zero attached hydrogens (tertiary/aromatic N) is 1. The molecule has 0 saturated heterocycles. The number of hydrogen-bond donors (Lipinski definition) is 0. The van der Waals surface area contributed by atoms with Gasteiger partial charge in [0, 0.05) is 18.0 Å². The van der Waals surface area contributed by atoms with Gasteiger partial charge in [-0.05, 0) is 17.7 Å². The van der Waals surface area contributed by atoms with Gasteiger partial charge in [0.15, 0.2) is 0 Å². The van der Waals surface area contributed by atoms with E-state index in [1.54, 1.807) is 6.20 Å². The zero-order valence-electron chi connectivity index (χ0n) is 7.20. The Morgan fingerprint density at radius 1 is 1.23 bits per heavy atom. The Hall–Kier alpha value is -1.81. The second kappa shape index (κ2) is 3.28. The van der Waals surface area contributed by atoms with Gasteiger partial charge in [0.25, 0.3) is 0 Å². The van der Waals surface area contributed by atoms with Crippen LogP contribution < -0.4 is 0 Å². The third-order valence-electron chi connectivity index (χ3n) is 2.03. The Kier molecular flexibility index (Phi) is 1.97. The normalized spacial score (nSPS) is 9.77. The average molecular weight is 167 g/mol. The lowest BCUT2D eigenvalue weighted by molar-refractivity contribution is 1.30. The average Bonchev–Trinajstić information content (AvgIpc) is 2.19. The van der Waals surface area contributed by atoms with Gasteiger partial charge in [0.1, 0.15) is 0 Å². The van der Waals surface area contributed by atoms with Crippen LogP contribution in [0.4, 0.5) is 0 Å². The highest BCUT2D eigenvalue weighted by atomic mass is 14.6. The predicted molar refractivity (Wildman–Crippen MR) is 54.3 cm³/mol. The highest BCUT2D eigenvalue weighted by molar-refractivity contribution is 5.82. The Bertz CT molecular complexity index is 461. The van der Waals surface area contributed by atoms with Crippen molar-refractivity contribution in [2.24, 2.45) is 0 Å². The smallest absolute Gasteiger partial charge is 0.0705 e. The molecular weight excluding hydrogens is 158 g/mol. The van der Waals surface area contributed by atoms with Gasteiger partial charge in [-0.2, -0.15) is 0 Å². The molecule has 1 heteroatoms. The van der Waals surface area contributed by atoms with Gasteiger partial charge in [-0.25, -0.2) is 0 Å². The van der Waals surface area contributed by atoms with Gasteiger partial charge in [0.2, 0.25) is 0 Å². The van der Waals surface area contributed by atoms with Gasteiger partial charge in [-0.1, -0.05) is 18.2 Å². The van der Waals surface area contributed by atoms with Gasteiger partial charge in [-0.15, -0.1) is 12.3 Å². The van der Waals surface area contributed by atoms with Gasteiger partial charge < -0.3 is 0 Å². The molecule has 13 heavy (non-hydrogen) atoms. The van der Waals surface area contributed by atoms with E-state index in [2.05, 4.69) is 17.0 Å². The van der Waals surface area contributed by atoms with E-state index in [1.165, 1.54) is 5.56 Å². The molecule has 0 fully saturated rings. The van der Waals surface area contributed by atoms with Crippen molar-refractivity contribution in [2.75, 3.05) is 0 Å². The van der Waals surface area contributed by atoms with Gasteiger partial charge in [0.05, 0.1) is 5.52 Å². The molecule has 1 aromatic carbocycles. The summed E-state index contributed by atoms with van der Waals surface area (Å²) in [4.78, 5) is 4.26. The molecule has 62 valence electrons.